The Labute approximate surface area is 140 Å². The molecule has 0 aliphatic heterocycles. The Bertz CT molecular complexity index is 587. The minimum atomic E-state index is 0.319. The summed E-state index contributed by atoms with van der Waals surface area (Å²) < 4.78 is 0. The smallest absolute Gasteiger partial charge is 0.0603 e. The summed E-state index contributed by atoms with van der Waals surface area (Å²) in [5.74, 6) is 0. The molecule has 0 fully saturated rings. The predicted molar refractivity (Wildman–Crippen MR) is 91.5 cm³/mol. The Balaban J connectivity index is 2.09. The Hall–Kier alpha value is -0.740. The van der Waals surface area contributed by atoms with E-state index < -0.39 is 0 Å². The molecule has 1 heterocycles. The fraction of sp³-hybridized carbons (Fsp3) is 0.312. The fourth-order valence-electron chi connectivity index (χ4n) is 2.04. The highest BCUT2D eigenvalue weighted by atomic mass is 35.5. The van der Waals surface area contributed by atoms with Crippen molar-refractivity contribution < 1.29 is 0 Å². The molecule has 21 heavy (non-hydrogen) atoms. The summed E-state index contributed by atoms with van der Waals surface area (Å²) in [5.41, 5.74) is 1.08. The molecule has 1 N–H and O–H groups in total. The highest BCUT2D eigenvalue weighted by Crippen LogP contribution is 2.32. The van der Waals surface area contributed by atoms with E-state index in [0.717, 1.165) is 28.5 Å². The van der Waals surface area contributed by atoms with E-state index in [4.69, 9.17) is 23.2 Å². The van der Waals surface area contributed by atoms with Gasteiger partial charge in [-0.25, -0.2) is 0 Å². The van der Waals surface area contributed by atoms with Crippen LogP contribution >= 0.6 is 35.0 Å². The molecule has 0 radical (unpaired) electrons. The van der Waals surface area contributed by atoms with Crippen molar-refractivity contribution in [2.24, 2.45) is 0 Å². The molecule has 0 spiro atoms. The van der Waals surface area contributed by atoms with Crippen molar-refractivity contribution in [3.63, 3.8) is 0 Å². The second-order valence-corrected chi connectivity index (χ2v) is 6.58. The van der Waals surface area contributed by atoms with Crippen LogP contribution in [0.5, 0.6) is 0 Å². The number of nitrogens with zero attached hydrogens (tertiary/aromatic N) is 1. The van der Waals surface area contributed by atoms with E-state index in [9.17, 15) is 0 Å². The summed E-state index contributed by atoms with van der Waals surface area (Å²) in [6.07, 6.45) is 2.93. The van der Waals surface area contributed by atoms with Gasteiger partial charge in [-0.15, -0.1) is 0 Å². The summed E-state index contributed by atoms with van der Waals surface area (Å²) in [4.78, 5) is 6.70. The third-order valence-corrected chi connectivity index (χ3v) is 4.81. The largest absolute Gasteiger partial charge is 0.309 e. The molecule has 1 aromatic carbocycles. The van der Waals surface area contributed by atoms with E-state index in [1.54, 1.807) is 11.8 Å². The van der Waals surface area contributed by atoms with Gasteiger partial charge in [0.1, 0.15) is 0 Å². The van der Waals surface area contributed by atoms with Crippen LogP contribution in [0.15, 0.2) is 46.3 Å². The molecule has 0 saturated heterocycles. The molecule has 2 nitrogen and oxygen atoms in total. The second kappa shape index (κ2) is 8.04. The first kappa shape index (κ1) is 16.6. The molecule has 0 saturated carbocycles. The quantitative estimate of drug-likeness (QED) is 0.740. The number of hydrogen-bond donors (Lipinski definition) is 1. The molecule has 0 aliphatic carbocycles. The van der Waals surface area contributed by atoms with Gasteiger partial charge in [-0.05, 0) is 43.3 Å². The molecule has 0 bridgehead atoms. The molecule has 5 heteroatoms. The highest BCUT2D eigenvalue weighted by molar-refractivity contribution is 7.99. The van der Waals surface area contributed by atoms with E-state index in [-0.39, 0.29) is 0 Å². The Kier molecular flexibility index (Phi) is 6.37. The molecule has 0 aliphatic rings. The van der Waals surface area contributed by atoms with E-state index in [0.29, 0.717) is 16.1 Å². The van der Waals surface area contributed by atoms with Gasteiger partial charge in [-0.2, -0.15) is 0 Å². The van der Waals surface area contributed by atoms with E-state index in [2.05, 4.69) is 36.3 Å². The summed E-state index contributed by atoms with van der Waals surface area (Å²) >= 11 is 13.6. The van der Waals surface area contributed by atoms with Gasteiger partial charge in [0.25, 0.3) is 0 Å². The van der Waals surface area contributed by atoms with Crippen molar-refractivity contribution in [2.45, 2.75) is 36.1 Å². The average molecular weight is 341 g/mol. The van der Waals surface area contributed by atoms with Crippen LogP contribution in [0.3, 0.4) is 0 Å². The van der Waals surface area contributed by atoms with Crippen LogP contribution in [0.2, 0.25) is 10.0 Å². The zero-order valence-electron chi connectivity index (χ0n) is 12.1. The molecule has 2 rings (SSSR count). The Morgan fingerprint density at radius 3 is 2.43 bits per heavy atom. The Morgan fingerprint density at radius 2 is 1.86 bits per heavy atom. The van der Waals surface area contributed by atoms with Crippen LogP contribution in [0.25, 0.3) is 0 Å². The lowest BCUT2D eigenvalue weighted by atomic mass is 10.1. The van der Waals surface area contributed by atoms with Crippen molar-refractivity contribution in [1.29, 1.82) is 0 Å². The fourth-order valence-corrected chi connectivity index (χ4v) is 3.23. The molecule has 1 unspecified atom stereocenters. The Morgan fingerprint density at radius 1 is 1.10 bits per heavy atom. The summed E-state index contributed by atoms with van der Waals surface area (Å²) in [6.45, 7) is 5.21. The lowest BCUT2D eigenvalue weighted by Gasteiger charge is -2.15. The first-order valence-corrected chi connectivity index (χ1v) is 8.53. The van der Waals surface area contributed by atoms with Gasteiger partial charge in [-0.3, -0.25) is 4.98 Å². The van der Waals surface area contributed by atoms with Crippen molar-refractivity contribution >= 4 is 35.0 Å². The van der Waals surface area contributed by atoms with Gasteiger partial charge in [0.15, 0.2) is 0 Å². The van der Waals surface area contributed by atoms with Crippen LogP contribution < -0.4 is 5.32 Å². The lowest BCUT2D eigenvalue weighted by molar-refractivity contribution is 0.524. The van der Waals surface area contributed by atoms with Gasteiger partial charge < -0.3 is 5.32 Å². The standard InChI is InChI=1S/C16H18Cl2N2S/c1-3-15(19-4-2)16-8-6-12(10-20-16)21-11-5-7-13(17)14(18)9-11/h5-10,15,19H,3-4H2,1-2H3. The minimum absolute atomic E-state index is 0.319. The topological polar surface area (TPSA) is 24.9 Å². The van der Waals surface area contributed by atoms with Crippen LogP contribution in [0.1, 0.15) is 32.0 Å². The molecule has 1 atom stereocenters. The maximum absolute atomic E-state index is 6.03. The normalized spacial score (nSPS) is 12.4. The van der Waals surface area contributed by atoms with Crippen molar-refractivity contribution in [1.82, 2.24) is 10.3 Å². The predicted octanol–water partition coefficient (Wildman–Crippen LogP) is 5.60. The van der Waals surface area contributed by atoms with Crippen molar-refractivity contribution in [3.8, 4) is 0 Å². The van der Waals surface area contributed by atoms with Crippen molar-refractivity contribution in [3.05, 3.63) is 52.3 Å². The number of rotatable bonds is 6. The molecule has 2 aromatic rings. The molecule has 1 aromatic heterocycles. The van der Waals surface area contributed by atoms with Crippen molar-refractivity contribution in [2.75, 3.05) is 6.54 Å². The van der Waals surface area contributed by atoms with Gasteiger partial charge in [0.05, 0.1) is 15.7 Å². The average Bonchev–Trinajstić information content (AvgIpc) is 2.49. The minimum Gasteiger partial charge on any atom is -0.309 e. The summed E-state index contributed by atoms with van der Waals surface area (Å²) in [5, 5.41) is 4.58. The molecular weight excluding hydrogens is 323 g/mol. The second-order valence-electron chi connectivity index (χ2n) is 4.62. The number of aromatic nitrogens is 1. The molecular formula is C16H18Cl2N2S. The highest BCUT2D eigenvalue weighted by Gasteiger charge is 2.09. The van der Waals surface area contributed by atoms with Crippen LogP contribution in [0.4, 0.5) is 0 Å². The number of pyridine rings is 1. The van der Waals surface area contributed by atoms with Crippen LogP contribution in [0, 0.1) is 0 Å². The molecule has 0 amide bonds. The number of nitrogens with one attached hydrogen (secondary N) is 1. The maximum atomic E-state index is 6.03. The van der Waals surface area contributed by atoms with Gasteiger partial charge >= 0.3 is 0 Å². The zero-order valence-corrected chi connectivity index (χ0v) is 14.4. The number of benzene rings is 1. The zero-order chi connectivity index (χ0) is 15.2. The molecule has 112 valence electrons. The van der Waals surface area contributed by atoms with Crippen LogP contribution in [-0.4, -0.2) is 11.5 Å². The van der Waals surface area contributed by atoms with E-state index in [1.165, 1.54) is 0 Å². The monoisotopic (exact) mass is 340 g/mol. The third kappa shape index (κ3) is 4.62. The van der Waals surface area contributed by atoms with Gasteiger partial charge in [-0.1, -0.05) is 48.8 Å². The first-order chi connectivity index (χ1) is 10.1. The van der Waals surface area contributed by atoms with E-state index in [1.807, 2.05) is 24.4 Å². The number of halogens is 2. The maximum Gasteiger partial charge on any atom is 0.0603 e. The third-order valence-electron chi connectivity index (χ3n) is 3.10. The van der Waals surface area contributed by atoms with Gasteiger partial charge in [0.2, 0.25) is 0 Å². The van der Waals surface area contributed by atoms with Crippen LogP contribution in [-0.2, 0) is 0 Å². The number of hydrogen-bond acceptors (Lipinski definition) is 3. The van der Waals surface area contributed by atoms with E-state index >= 15 is 0 Å². The summed E-state index contributed by atoms with van der Waals surface area (Å²) in [6, 6.07) is 10.1. The first-order valence-electron chi connectivity index (χ1n) is 6.96. The summed E-state index contributed by atoms with van der Waals surface area (Å²) in [7, 11) is 0. The lowest BCUT2D eigenvalue weighted by Crippen LogP contribution is -2.20. The SMILES string of the molecule is CCNC(CC)c1ccc(Sc2ccc(Cl)c(Cl)c2)cn1. The van der Waals surface area contributed by atoms with Gasteiger partial charge in [0, 0.05) is 22.0 Å².